The highest BCUT2D eigenvalue weighted by molar-refractivity contribution is 5.99. The summed E-state index contributed by atoms with van der Waals surface area (Å²) in [5.41, 5.74) is 3.57. The molecule has 1 aliphatic heterocycles. The lowest BCUT2D eigenvalue weighted by molar-refractivity contribution is -0.384. The zero-order valence-corrected chi connectivity index (χ0v) is 19.4. The Morgan fingerprint density at radius 1 is 1.00 bits per heavy atom. The van der Waals surface area contributed by atoms with Gasteiger partial charge in [0, 0.05) is 18.7 Å². The number of rotatable bonds is 5. The number of aryl methyl sites for hydroxylation is 2. The Labute approximate surface area is 200 Å². The lowest BCUT2D eigenvalue weighted by Gasteiger charge is -2.25. The standard InChI is InChI=1S/C27H22N2O6/c1-15-12-21-22(13-16(15)2)35-26-23(25(21)30)24(18-6-8-19(9-7-18)29(32)33)28(27(26)31)14-17-4-10-20(34-3)11-5-17/h4-13,24H,14H2,1-3H3. The van der Waals surface area contributed by atoms with Crippen LogP contribution in [0.15, 0.2) is 69.9 Å². The van der Waals surface area contributed by atoms with Crippen LogP contribution >= 0.6 is 0 Å². The zero-order chi connectivity index (χ0) is 24.9. The van der Waals surface area contributed by atoms with E-state index in [0.29, 0.717) is 22.3 Å². The lowest BCUT2D eigenvalue weighted by Crippen LogP contribution is -2.29. The van der Waals surface area contributed by atoms with Gasteiger partial charge in [0.2, 0.25) is 5.76 Å². The first-order chi connectivity index (χ1) is 16.8. The molecule has 0 aliphatic carbocycles. The molecular weight excluding hydrogens is 448 g/mol. The predicted molar refractivity (Wildman–Crippen MR) is 130 cm³/mol. The number of methoxy groups -OCH3 is 1. The molecule has 0 saturated heterocycles. The number of benzene rings is 3. The van der Waals surface area contributed by atoms with Crippen molar-refractivity contribution in [2.75, 3.05) is 7.11 Å². The van der Waals surface area contributed by atoms with Crippen molar-refractivity contribution < 1.29 is 18.9 Å². The molecule has 0 spiro atoms. The molecule has 4 aromatic rings. The zero-order valence-electron chi connectivity index (χ0n) is 19.4. The van der Waals surface area contributed by atoms with Crippen LogP contribution in [0.2, 0.25) is 0 Å². The number of carbonyl (C=O) groups is 1. The minimum absolute atomic E-state index is 0.00242. The Balaban J connectivity index is 1.69. The summed E-state index contributed by atoms with van der Waals surface area (Å²) in [7, 11) is 1.58. The highest BCUT2D eigenvalue weighted by Crippen LogP contribution is 2.40. The molecule has 176 valence electrons. The number of nitro benzene ring substituents is 1. The van der Waals surface area contributed by atoms with Crippen molar-refractivity contribution in [1.82, 2.24) is 4.90 Å². The molecule has 1 aromatic heterocycles. The molecule has 3 aromatic carbocycles. The van der Waals surface area contributed by atoms with Crippen LogP contribution in [0.1, 0.15) is 44.4 Å². The summed E-state index contributed by atoms with van der Waals surface area (Å²) in [5.74, 6) is 0.282. The van der Waals surface area contributed by atoms with E-state index < -0.39 is 16.9 Å². The number of carbonyl (C=O) groups excluding carboxylic acids is 1. The van der Waals surface area contributed by atoms with Gasteiger partial charge in [-0.2, -0.15) is 0 Å². The SMILES string of the molecule is COc1ccc(CN2C(=O)c3oc4cc(C)c(C)cc4c(=O)c3C2c2ccc([N+](=O)[O-])cc2)cc1. The number of hydrogen-bond donors (Lipinski definition) is 0. The second-order valence-corrected chi connectivity index (χ2v) is 8.64. The molecule has 1 aliphatic rings. The number of nitrogens with zero attached hydrogens (tertiary/aromatic N) is 2. The fourth-order valence-corrected chi connectivity index (χ4v) is 4.49. The highest BCUT2D eigenvalue weighted by Gasteiger charge is 2.42. The van der Waals surface area contributed by atoms with Crippen LogP contribution in [0, 0.1) is 24.0 Å². The third-order valence-electron chi connectivity index (χ3n) is 6.51. The number of ether oxygens (including phenoxy) is 1. The van der Waals surface area contributed by atoms with Crippen LogP contribution in [0.5, 0.6) is 5.75 Å². The van der Waals surface area contributed by atoms with Crippen LogP contribution in [0.25, 0.3) is 11.0 Å². The van der Waals surface area contributed by atoms with E-state index in [-0.39, 0.29) is 29.0 Å². The quantitative estimate of drug-likeness (QED) is 0.298. The second kappa shape index (κ2) is 8.39. The Kier molecular flexibility index (Phi) is 5.36. The van der Waals surface area contributed by atoms with Gasteiger partial charge in [0.1, 0.15) is 11.3 Å². The molecular formula is C27H22N2O6. The van der Waals surface area contributed by atoms with E-state index in [0.717, 1.165) is 16.7 Å². The number of nitro groups is 1. The fraction of sp³-hybridized carbons (Fsp3) is 0.185. The molecule has 0 radical (unpaired) electrons. The number of non-ortho nitro benzene ring substituents is 1. The Hall–Kier alpha value is -4.46. The van der Waals surface area contributed by atoms with E-state index in [1.807, 2.05) is 26.0 Å². The molecule has 5 rings (SSSR count). The van der Waals surface area contributed by atoms with Gasteiger partial charge in [-0.05, 0) is 72.5 Å². The van der Waals surface area contributed by atoms with Gasteiger partial charge < -0.3 is 14.1 Å². The number of amides is 1. The van der Waals surface area contributed by atoms with Gasteiger partial charge in [-0.1, -0.05) is 12.1 Å². The van der Waals surface area contributed by atoms with Gasteiger partial charge in [0.05, 0.1) is 29.0 Å². The summed E-state index contributed by atoms with van der Waals surface area (Å²) >= 11 is 0. The van der Waals surface area contributed by atoms with Crippen LogP contribution in [0.3, 0.4) is 0 Å². The first-order valence-corrected chi connectivity index (χ1v) is 11.0. The fourth-order valence-electron chi connectivity index (χ4n) is 4.49. The van der Waals surface area contributed by atoms with Gasteiger partial charge in [-0.3, -0.25) is 19.7 Å². The third-order valence-corrected chi connectivity index (χ3v) is 6.51. The summed E-state index contributed by atoms with van der Waals surface area (Å²) < 4.78 is 11.3. The van der Waals surface area contributed by atoms with Gasteiger partial charge in [0.25, 0.3) is 11.6 Å². The molecule has 1 atom stereocenters. The normalized spacial score (nSPS) is 14.9. The van der Waals surface area contributed by atoms with Crippen molar-refractivity contribution >= 4 is 22.6 Å². The third kappa shape index (κ3) is 3.73. The van der Waals surface area contributed by atoms with E-state index in [4.69, 9.17) is 9.15 Å². The summed E-state index contributed by atoms with van der Waals surface area (Å²) in [5, 5.41) is 11.6. The average molecular weight is 470 g/mol. The van der Waals surface area contributed by atoms with Gasteiger partial charge in [-0.15, -0.1) is 0 Å². The summed E-state index contributed by atoms with van der Waals surface area (Å²) in [6.07, 6.45) is 0. The molecule has 0 bridgehead atoms. The minimum Gasteiger partial charge on any atom is -0.497 e. The van der Waals surface area contributed by atoms with E-state index in [2.05, 4.69) is 0 Å². The van der Waals surface area contributed by atoms with Crippen LogP contribution in [0.4, 0.5) is 5.69 Å². The topological polar surface area (TPSA) is 103 Å². The van der Waals surface area contributed by atoms with Gasteiger partial charge in [0.15, 0.2) is 5.43 Å². The van der Waals surface area contributed by atoms with E-state index in [1.165, 1.54) is 12.1 Å². The van der Waals surface area contributed by atoms with Crippen molar-refractivity contribution in [1.29, 1.82) is 0 Å². The molecule has 1 amide bonds. The summed E-state index contributed by atoms with van der Waals surface area (Å²) in [4.78, 5) is 39.5. The average Bonchev–Trinajstić information content (AvgIpc) is 3.12. The first kappa shape index (κ1) is 22.3. The van der Waals surface area contributed by atoms with Crippen LogP contribution in [-0.4, -0.2) is 22.8 Å². The van der Waals surface area contributed by atoms with Gasteiger partial charge >= 0.3 is 0 Å². The molecule has 8 nitrogen and oxygen atoms in total. The molecule has 0 saturated carbocycles. The van der Waals surface area contributed by atoms with E-state index in [1.54, 1.807) is 48.4 Å². The Bertz CT molecular complexity index is 1540. The minimum atomic E-state index is -0.748. The maximum Gasteiger partial charge on any atom is 0.291 e. The molecule has 2 heterocycles. The Morgan fingerprint density at radius 2 is 1.66 bits per heavy atom. The summed E-state index contributed by atoms with van der Waals surface area (Å²) in [6, 6.07) is 16.0. The number of fused-ring (bicyclic) bond motifs is 2. The van der Waals surface area contributed by atoms with Crippen molar-refractivity contribution in [2.45, 2.75) is 26.4 Å². The van der Waals surface area contributed by atoms with Crippen LogP contribution in [-0.2, 0) is 6.54 Å². The molecule has 1 unspecified atom stereocenters. The summed E-state index contributed by atoms with van der Waals surface area (Å²) in [6.45, 7) is 4.04. The predicted octanol–water partition coefficient (Wildman–Crippen LogP) is 5.07. The van der Waals surface area contributed by atoms with Crippen molar-refractivity contribution in [2.24, 2.45) is 0 Å². The van der Waals surface area contributed by atoms with Crippen molar-refractivity contribution in [3.8, 4) is 5.75 Å². The van der Waals surface area contributed by atoms with Gasteiger partial charge in [-0.25, -0.2) is 0 Å². The molecule has 0 fully saturated rings. The maximum absolute atomic E-state index is 13.7. The Morgan fingerprint density at radius 3 is 2.29 bits per heavy atom. The first-order valence-electron chi connectivity index (χ1n) is 11.0. The van der Waals surface area contributed by atoms with Crippen molar-refractivity contribution in [3.05, 3.63) is 115 Å². The molecule has 35 heavy (non-hydrogen) atoms. The monoisotopic (exact) mass is 470 g/mol. The lowest BCUT2D eigenvalue weighted by atomic mass is 9.97. The van der Waals surface area contributed by atoms with Crippen LogP contribution < -0.4 is 10.2 Å². The molecule has 0 N–H and O–H groups in total. The highest BCUT2D eigenvalue weighted by atomic mass is 16.6. The second-order valence-electron chi connectivity index (χ2n) is 8.64. The van der Waals surface area contributed by atoms with E-state index in [9.17, 15) is 19.7 Å². The van der Waals surface area contributed by atoms with E-state index >= 15 is 0 Å². The van der Waals surface area contributed by atoms with Crippen molar-refractivity contribution in [3.63, 3.8) is 0 Å². The number of hydrogen-bond acceptors (Lipinski definition) is 6. The largest absolute Gasteiger partial charge is 0.497 e. The molecule has 8 heteroatoms. The maximum atomic E-state index is 13.7. The smallest absolute Gasteiger partial charge is 0.291 e.